The molecule has 0 unspecified atom stereocenters. The van der Waals surface area contributed by atoms with Crippen LogP contribution in [0.15, 0.2) is 33.6 Å². The van der Waals surface area contributed by atoms with Gasteiger partial charge in [-0.15, -0.1) is 11.8 Å². The molecule has 0 heterocycles. The normalized spacial score (nSPS) is 11.2. The molecule has 0 atom stereocenters. The maximum absolute atomic E-state index is 11.5. The van der Waals surface area contributed by atoms with Gasteiger partial charge in [-0.3, -0.25) is 10.2 Å². The van der Waals surface area contributed by atoms with E-state index in [1.165, 1.54) is 0 Å². The number of nitrogens with one attached hydrogen (secondary N) is 1. The fourth-order valence-electron chi connectivity index (χ4n) is 1.08. The minimum Gasteiger partial charge on any atom is -0.294 e. The smallest absolute Gasteiger partial charge is 0.240 e. The number of hydrogen-bond donors (Lipinski definition) is 2. The van der Waals surface area contributed by atoms with Crippen LogP contribution in [0.2, 0.25) is 0 Å². The highest BCUT2D eigenvalue weighted by Crippen LogP contribution is 2.32. The molecule has 0 saturated heterocycles. The first-order valence-electron chi connectivity index (χ1n) is 4.86. The molecule has 0 aromatic heterocycles. The summed E-state index contributed by atoms with van der Waals surface area (Å²) in [7, 11) is 0. The van der Waals surface area contributed by atoms with Crippen molar-refractivity contribution in [1.82, 2.24) is 5.43 Å². The number of hydrazine groups is 1. The van der Waals surface area contributed by atoms with Gasteiger partial charge in [0, 0.05) is 15.1 Å². The zero-order chi connectivity index (χ0) is 12.2. The zero-order valence-corrected chi connectivity index (χ0v) is 11.7. The molecule has 0 aliphatic heterocycles. The number of amides is 1. The van der Waals surface area contributed by atoms with Crippen LogP contribution < -0.4 is 11.3 Å². The molecule has 3 N–H and O–H groups in total. The first-order valence-corrected chi connectivity index (χ1v) is 6.63. The van der Waals surface area contributed by atoms with Crippen LogP contribution in [0.5, 0.6) is 0 Å². The van der Waals surface area contributed by atoms with Crippen LogP contribution in [0, 0.1) is 5.41 Å². The van der Waals surface area contributed by atoms with Gasteiger partial charge in [-0.2, -0.15) is 0 Å². The highest BCUT2D eigenvalue weighted by molar-refractivity contribution is 9.10. The molecule has 0 aliphatic rings. The van der Waals surface area contributed by atoms with Gasteiger partial charge in [0.05, 0.1) is 5.41 Å². The number of thioether (sulfide) groups is 1. The van der Waals surface area contributed by atoms with E-state index >= 15 is 0 Å². The quantitative estimate of drug-likeness (QED) is 0.389. The summed E-state index contributed by atoms with van der Waals surface area (Å²) in [6.07, 6.45) is 0. The number of halogens is 1. The minimum atomic E-state index is -0.477. The van der Waals surface area contributed by atoms with Crippen LogP contribution >= 0.6 is 27.7 Å². The Morgan fingerprint density at radius 1 is 1.50 bits per heavy atom. The molecule has 5 heteroatoms. The van der Waals surface area contributed by atoms with Gasteiger partial charge in [0.2, 0.25) is 5.91 Å². The second-order valence-electron chi connectivity index (χ2n) is 4.08. The van der Waals surface area contributed by atoms with E-state index in [-0.39, 0.29) is 5.91 Å². The lowest BCUT2D eigenvalue weighted by atomic mass is 9.96. The second kappa shape index (κ2) is 5.70. The zero-order valence-electron chi connectivity index (χ0n) is 9.29. The van der Waals surface area contributed by atoms with Crippen molar-refractivity contribution in [3.05, 3.63) is 28.7 Å². The topological polar surface area (TPSA) is 55.1 Å². The Labute approximate surface area is 108 Å². The van der Waals surface area contributed by atoms with Gasteiger partial charge in [-0.05, 0) is 28.1 Å². The summed E-state index contributed by atoms with van der Waals surface area (Å²) in [6, 6.07) is 7.94. The Hall–Kier alpha value is -0.520. The Morgan fingerprint density at radius 3 is 2.69 bits per heavy atom. The molecular weight excluding hydrogens is 288 g/mol. The number of hydrogen-bond acceptors (Lipinski definition) is 3. The molecule has 1 aromatic rings. The van der Waals surface area contributed by atoms with Crippen molar-refractivity contribution >= 4 is 33.6 Å². The predicted octanol–water partition coefficient (Wildman–Crippen LogP) is 2.56. The van der Waals surface area contributed by atoms with E-state index in [9.17, 15) is 4.79 Å². The third kappa shape index (κ3) is 3.50. The van der Waals surface area contributed by atoms with Crippen LogP contribution in [-0.4, -0.2) is 11.7 Å². The van der Waals surface area contributed by atoms with E-state index in [4.69, 9.17) is 5.84 Å². The lowest BCUT2D eigenvalue weighted by Crippen LogP contribution is -2.42. The molecular formula is C11H15BrN2OS. The predicted molar refractivity (Wildman–Crippen MR) is 71.0 cm³/mol. The van der Waals surface area contributed by atoms with Crippen molar-refractivity contribution in [3.63, 3.8) is 0 Å². The Kier molecular flexibility index (Phi) is 4.83. The fourth-order valence-corrected chi connectivity index (χ4v) is 2.74. The number of carbonyl (C=O) groups is 1. The molecule has 0 fully saturated rings. The van der Waals surface area contributed by atoms with Gasteiger partial charge in [0.15, 0.2) is 0 Å². The van der Waals surface area contributed by atoms with E-state index < -0.39 is 5.41 Å². The van der Waals surface area contributed by atoms with Crippen molar-refractivity contribution < 1.29 is 4.79 Å². The van der Waals surface area contributed by atoms with Gasteiger partial charge in [-0.25, -0.2) is 5.84 Å². The molecule has 88 valence electrons. The van der Waals surface area contributed by atoms with Gasteiger partial charge in [-0.1, -0.05) is 26.0 Å². The van der Waals surface area contributed by atoms with Crippen LogP contribution in [0.4, 0.5) is 0 Å². The van der Waals surface area contributed by atoms with Crippen LogP contribution in [0.25, 0.3) is 0 Å². The van der Waals surface area contributed by atoms with Crippen LogP contribution in [0.3, 0.4) is 0 Å². The molecule has 16 heavy (non-hydrogen) atoms. The summed E-state index contributed by atoms with van der Waals surface area (Å²) in [5, 5.41) is 0. The Morgan fingerprint density at radius 2 is 2.12 bits per heavy atom. The third-order valence-corrected chi connectivity index (χ3v) is 4.66. The van der Waals surface area contributed by atoms with Gasteiger partial charge >= 0.3 is 0 Å². The van der Waals surface area contributed by atoms with Gasteiger partial charge < -0.3 is 0 Å². The molecule has 0 aliphatic carbocycles. The molecule has 3 nitrogen and oxygen atoms in total. The van der Waals surface area contributed by atoms with E-state index in [0.717, 1.165) is 9.37 Å². The Balaban J connectivity index is 2.65. The first kappa shape index (κ1) is 13.5. The largest absolute Gasteiger partial charge is 0.294 e. The monoisotopic (exact) mass is 302 g/mol. The SMILES string of the molecule is CC(C)(CSc1ccccc1Br)C(=O)NN. The van der Waals surface area contributed by atoms with Crippen molar-refractivity contribution in [2.75, 3.05) is 5.75 Å². The standard InChI is InChI=1S/C11H15BrN2OS/c1-11(2,10(15)14-13)7-16-9-6-4-3-5-8(9)12/h3-6H,7,13H2,1-2H3,(H,14,15). The van der Waals surface area contributed by atoms with Crippen molar-refractivity contribution in [1.29, 1.82) is 0 Å². The number of carbonyl (C=O) groups excluding carboxylic acids is 1. The van der Waals surface area contributed by atoms with Crippen molar-refractivity contribution in [2.45, 2.75) is 18.7 Å². The summed E-state index contributed by atoms with van der Waals surface area (Å²) in [5.41, 5.74) is 1.71. The van der Waals surface area contributed by atoms with Crippen LogP contribution in [-0.2, 0) is 4.79 Å². The average Bonchev–Trinajstić information content (AvgIpc) is 2.27. The fraction of sp³-hybridized carbons (Fsp3) is 0.364. The molecule has 0 bridgehead atoms. The average molecular weight is 303 g/mol. The lowest BCUT2D eigenvalue weighted by Gasteiger charge is -2.21. The van der Waals surface area contributed by atoms with Gasteiger partial charge in [0.1, 0.15) is 0 Å². The van der Waals surface area contributed by atoms with Gasteiger partial charge in [0.25, 0.3) is 0 Å². The van der Waals surface area contributed by atoms with Crippen molar-refractivity contribution in [2.24, 2.45) is 11.3 Å². The molecule has 0 saturated carbocycles. The van der Waals surface area contributed by atoms with E-state index in [1.54, 1.807) is 11.8 Å². The Bertz CT molecular complexity index is 382. The maximum atomic E-state index is 11.5. The summed E-state index contributed by atoms with van der Waals surface area (Å²) in [5.74, 6) is 5.67. The number of nitrogens with two attached hydrogens (primary N) is 1. The molecule has 0 spiro atoms. The van der Waals surface area contributed by atoms with Crippen LogP contribution in [0.1, 0.15) is 13.8 Å². The second-order valence-corrected chi connectivity index (χ2v) is 5.95. The van der Waals surface area contributed by atoms with Crippen molar-refractivity contribution in [3.8, 4) is 0 Å². The summed E-state index contributed by atoms with van der Waals surface area (Å²) < 4.78 is 1.05. The highest BCUT2D eigenvalue weighted by Gasteiger charge is 2.27. The minimum absolute atomic E-state index is 0.146. The highest BCUT2D eigenvalue weighted by atomic mass is 79.9. The lowest BCUT2D eigenvalue weighted by molar-refractivity contribution is -0.128. The third-order valence-electron chi connectivity index (χ3n) is 2.17. The summed E-state index contributed by atoms with van der Waals surface area (Å²) >= 11 is 5.11. The maximum Gasteiger partial charge on any atom is 0.240 e. The van der Waals surface area contributed by atoms with E-state index in [2.05, 4.69) is 21.4 Å². The number of rotatable bonds is 4. The van der Waals surface area contributed by atoms with E-state index in [1.807, 2.05) is 38.1 Å². The summed E-state index contributed by atoms with van der Waals surface area (Å²) in [4.78, 5) is 12.6. The molecule has 1 amide bonds. The molecule has 1 rings (SSSR count). The first-order chi connectivity index (χ1) is 7.47. The summed E-state index contributed by atoms with van der Waals surface area (Å²) in [6.45, 7) is 3.75. The van der Waals surface area contributed by atoms with E-state index in [0.29, 0.717) is 5.75 Å². The molecule has 1 aromatic carbocycles. The number of benzene rings is 1. The molecule has 0 radical (unpaired) electrons.